The van der Waals surface area contributed by atoms with Crippen molar-refractivity contribution in [3.8, 4) is 0 Å². The van der Waals surface area contributed by atoms with Crippen molar-refractivity contribution >= 4 is 29.3 Å². The second-order valence-electron chi connectivity index (χ2n) is 4.99. The maximum Gasteiger partial charge on any atom is 0.338 e. The molecule has 0 radical (unpaired) electrons. The lowest BCUT2D eigenvalue weighted by Crippen LogP contribution is -2.14. The topological polar surface area (TPSA) is 99.0 Å². The summed E-state index contributed by atoms with van der Waals surface area (Å²) in [6.07, 6.45) is 1.82. The van der Waals surface area contributed by atoms with Crippen LogP contribution in [0.3, 0.4) is 0 Å². The molecule has 1 amide bonds. The molecule has 2 aromatic rings. The van der Waals surface area contributed by atoms with Gasteiger partial charge in [0.1, 0.15) is 0 Å². The molecule has 2 rings (SSSR count). The molecule has 0 saturated heterocycles. The third-order valence-electron chi connectivity index (χ3n) is 3.05. The summed E-state index contributed by atoms with van der Waals surface area (Å²) in [7, 11) is 1.71. The number of nitrogens with one attached hydrogen (secondary N) is 1. The third-order valence-corrected chi connectivity index (χ3v) is 4.06. The normalized spacial score (nSPS) is 10.4. The van der Waals surface area contributed by atoms with Crippen LogP contribution >= 0.6 is 11.8 Å². The smallest absolute Gasteiger partial charge is 0.338 e. The number of ether oxygens (including phenoxy) is 1. The Morgan fingerprint density at radius 1 is 1.29 bits per heavy atom. The van der Waals surface area contributed by atoms with Crippen LogP contribution in [0.2, 0.25) is 0 Å². The first kappa shape index (κ1) is 17.9. The first-order chi connectivity index (χ1) is 11.6. The van der Waals surface area contributed by atoms with Crippen molar-refractivity contribution in [2.24, 2.45) is 7.05 Å². The molecule has 1 aromatic heterocycles. The van der Waals surface area contributed by atoms with Gasteiger partial charge in [0.2, 0.25) is 11.1 Å². The van der Waals surface area contributed by atoms with Gasteiger partial charge in [-0.05, 0) is 41.1 Å². The Balaban J connectivity index is 1.81. The maximum absolute atomic E-state index is 11.9. The summed E-state index contributed by atoms with van der Waals surface area (Å²) in [5.41, 5.74) is 1.07. The molecule has 0 fully saturated rings. The van der Waals surface area contributed by atoms with Gasteiger partial charge in [-0.2, -0.15) is 0 Å². The van der Waals surface area contributed by atoms with Crippen molar-refractivity contribution in [1.29, 1.82) is 0 Å². The van der Waals surface area contributed by atoms with Gasteiger partial charge in [-0.15, -0.1) is 5.10 Å². The Labute approximate surface area is 144 Å². The summed E-state index contributed by atoms with van der Waals surface area (Å²) in [4.78, 5) is 23.7. The van der Waals surface area contributed by atoms with Gasteiger partial charge in [0.15, 0.2) is 0 Å². The van der Waals surface area contributed by atoms with Crippen LogP contribution in [-0.4, -0.2) is 44.4 Å². The number of unbranched alkanes of at least 4 members (excludes halogenated alkanes) is 1. The van der Waals surface area contributed by atoms with Crippen LogP contribution in [0.25, 0.3) is 0 Å². The number of rotatable bonds is 8. The number of anilines is 1. The highest BCUT2D eigenvalue weighted by Crippen LogP contribution is 2.14. The quantitative estimate of drug-likeness (QED) is 0.441. The molecular formula is C15H19N5O3S. The second kappa shape index (κ2) is 9.02. The van der Waals surface area contributed by atoms with Crippen molar-refractivity contribution in [1.82, 2.24) is 20.2 Å². The zero-order valence-electron chi connectivity index (χ0n) is 13.6. The summed E-state index contributed by atoms with van der Waals surface area (Å²) in [5.74, 6) is -0.345. The number of benzene rings is 1. The third kappa shape index (κ3) is 5.34. The molecule has 0 atom stereocenters. The standard InChI is InChI=1S/C15H19N5O3S/c1-3-4-9-23-14(22)11-5-7-12(8-6-11)16-13(21)10-24-15-17-18-19-20(15)2/h5-8H,3-4,9-10H2,1-2H3,(H,16,21). The number of carbonyl (C=O) groups excluding carboxylic acids is 2. The fraction of sp³-hybridized carbons (Fsp3) is 0.400. The van der Waals surface area contributed by atoms with Gasteiger partial charge in [-0.1, -0.05) is 25.1 Å². The molecule has 0 aliphatic rings. The predicted molar refractivity (Wildman–Crippen MR) is 89.8 cm³/mol. The highest BCUT2D eigenvalue weighted by Gasteiger charge is 2.10. The van der Waals surface area contributed by atoms with E-state index in [1.807, 2.05) is 6.92 Å². The minimum absolute atomic E-state index is 0.179. The number of aryl methyl sites for hydroxylation is 1. The van der Waals surface area contributed by atoms with E-state index in [0.717, 1.165) is 12.8 Å². The van der Waals surface area contributed by atoms with E-state index in [2.05, 4.69) is 20.8 Å². The molecule has 8 nitrogen and oxygen atoms in total. The first-order valence-corrected chi connectivity index (χ1v) is 8.51. The number of amides is 1. The van der Waals surface area contributed by atoms with Crippen LogP contribution in [0.1, 0.15) is 30.1 Å². The predicted octanol–water partition coefficient (Wildman–Crippen LogP) is 1.90. The molecule has 0 saturated carbocycles. The molecule has 128 valence electrons. The van der Waals surface area contributed by atoms with Crippen LogP contribution in [0, 0.1) is 0 Å². The first-order valence-electron chi connectivity index (χ1n) is 7.52. The summed E-state index contributed by atoms with van der Waals surface area (Å²) < 4.78 is 6.63. The van der Waals surface area contributed by atoms with E-state index in [0.29, 0.717) is 23.0 Å². The summed E-state index contributed by atoms with van der Waals surface area (Å²) in [6, 6.07) is 6.60. The molecule has 0 spiro atoms. The summed E-state index contributed by atoms with van der Waals surface area (Å²) >= 11 is 1.24. The average Bonchev–Trinajstić information content (AvgIpc) is 2.99. The molecule has 9 heteroatoms. The average molecular weight is 349 g/mol. The zero-order chi connectivity index (χ0) is 17.4. The zero-order valence-corrected chi connectivity index (χ0v) is 14.4. The highest BCUT2D eigenvalue weighted by atomic mass is 32.2. The van der Waals surface area contributed by atoms with Crippen molar-refractivity contribution in [2.75, 3.05) is 17.7 Å². The summed E-state index contributed by atoms with van der Waals surface area (Å²) in [6.45, 7) is 2.45. The SMILES string of the molecule is CCCCOC(=O)c1ccc(NC(=O)CSc2nnnn2C)cc1. The Morgan fingerprint density at radius 3 is 2.67 bits per heavy atom. The lowest BCUT2D eigenvalue weighted by atomic mass is 10.2. The van der Waals surface area contributed by atoms with E-state index in [-0.39, 0.29) is 17.6 Å². The second-order valence-corrected chi connectivity index (χ2v) is 5.93. The lowest BCUT2D eigenvalue weighted by molar-refractivity contribution is -0.113. The monoisotopic (exact) mass is 349 g/mol. The van der Waals surface area contributed by atoms with Crippen LogP contribution in [-0.2, 0) is 16.6 Å². The fourth-order valence-corrected chi connectivity index (χ4v) is 2.40. The van der Waals surface area contributed by atoms with E-state index in [9.17, 15) is 9.59 Å². The molecular weight excluding hydrogens is 330 g/mol. The van der Waals surface area contributed by atoms with Gasteiger partial charge < -0.3 is 10.1 Å². The highest BCUT2D eigenvalue weighted by molar-refractivity contribution is 7.99. The van der Waals surface area contributed by atoms with Crippen molar-refractivity contribution in [3.63, 3.8) is 0 Å². The van der Waals surface area contributed by atoms with Gasteiger partial charge in [0.05, 0.1) is 17.9 Å². The van der Waals surface area contributed by atoms with Gasteiger partial charge in [-0.3, -0.25) is 4.79 Å². The lowest BCUT2D eigenvalue weighted by Gasteiger charge is -2.07. The number of hydrogen-bond donors (Lipinski definition) is 1. The number of esters is 1. The molecule has 24 heavy (non-hydrogen) atoms. The van der Waals surface area contributed by atoms with E-state index in [1.165, 1.54) is 16.4 Å². The number of nitrogens with zero attached hydrogens (tertiary/aromatic N) is 4. The molecule has 0 unspecified atom stereocenters. The number of carbonyl (C=O) groups is 2. The fourth-order valence-electron chi connectivity index (χ4n) is 1.75. The van der Waals surface area contributed by atoms with Crippen molar-refractivity contribution in [3.05, 3.63) is 29.8 Å². The van der Waals surface area contributed by atoms with Gasteiger partial charge >= 0.3 is 5.97 Å². The number of aromatic nitrogens is 4. The van der Waals surface area contributed by atoms with Gasteiger partial charge in [0, 0.05) is 12.7 Å². The maximum atomic E-state index is 11.9. The Bertz CT molecular complexity index is 687. The Morgan fingerprint density at radius 2 is 2.04 bits per heavy atom. The van der Waals surface area contributed by atoms with Crippen LogP contribution < -0.4 is 5.32 Å². The number of hydrogen-bond acceptors (Lipinski definition) is 7. The molecule has 0 bridgehead atoms. The molecule has 1 heterocycles. The molecule has 1 N–H and O–H groups in total. The molecule has 0 aliphatic heterocycles. The van der Waals surface area contributed by atoms with Crippen LogP contribution in [0.15, 0.2) is 29.4 Å². The number of tetrazole rings is 1. The van der Waals surface area contributed by atoms with E-state index in [1.54, 1.807) is 31.3 Å². The van der Waals surface area contributed by atoms with E-state index >= 15 is 0 Å². The Hall–Kier alpha value is -2.42. The largest absolute Gasteiger partial charge is 0.462 e. The molecule has 0 aliphatic carbocycles. The minimum atomic E-state index is -0.355. The number of thioether (sulfide) groups is 1. The minimum Gasteiger partial charge on any atom is -0.462 e. The van der Waals surface area contributed by atoms with Gasteiger partial charge in [0.25, 0.3) is 0 Å². The van der Waals surface area contributed by atoms with Crippen molar-refractivity contribution < 1.29 is 14.3 Å². The van der Waals surface area contributed by atoms with Gasteiger partial charge in [-0.25, -0.2) is 9.48 Å². The van der Waals surface area contributed by atoms with E-state index < -0.39 is 0 Å². The van der Waals surface area contributed by atoms with Crippen LogP contribution in [0.4, 0.5) is 5.69 Å². The molecule has 1 aromatic carbocycles. The van der Waals surface area contributed by atoms with E-state index in [4.69, 9.17) is 4.74 Å². The van der Waals surface area contributed by atoms with Crippen molar-refractivity contribution in [2.45, 2.75) is 24.9 Å². The Kier molecular flexibility index (Phi) is 6.74. The summed E-state index contributed by atoms with van der Waals surface area (Å²) in [5, 5.41) is 14.3. The van der Waals surface area contributed by atoms with Crippen LogP contribution in [0.5, 0.6) is 0 Å².